The summed E-state index contributed by atoms with van der Waals surface area (Å²) in [5.41, 5.74) is 2.94. The van der Waals surface area contributed by atoms with E-state index in [1.54, 1.807) is 7.11 Å². The van der Waals surface area contributed by atoms with E-state index in [9.17, 15) is 0 Å². The first-order valence-electron chi connectivity index (χ1n) is 8.22. The number of aliphatic imine (C=N–C) groups is 1. The number of benzene rings is 1. The fourth-order valence-corrected chi connectivity index (χ4v) is 2.93. The molecule has 0 radical (unpaired) electrons. The maximum absolute atomic E-state index is 5.13. The summed E-state index contributed by atoms with van der Waals surface area (Å²) in [4.78, 5) is 4.32. The van der Waals surface area contributed by atoms with Crippen LogP contribution in [0.15, 0.2) is 29.3 Å². The number of hydrogen-bond acceptors (Lipinski definition) is 2. The summed E-state index contributed by atoms with van der Waals surface area (Å²) in [5, 5.41) is 6.87. The van der Waals surface area contributed by atoms with Crippen molar-refractivity contribution in [1.29, 1.82) is 0 Å². The first-order valence-corrected chi connectivity index (χ1v) is 8.22. The summed E-state index contributed by atoms with van der Waals surface area (Å²) >= 11 is 0. The van der Waals surface area contributed by atoms with Gasteiger partial charge in [0.25, 0.3) is 0 Å². The van der Waals surface area contributed by atoms with Gasteiger partial charge >= 0.3 is 0 Å². The van der Waals surface area contributed by atoms with Crippen LogP contribution in [0.25, 0.3) is 0 Å². The quantitative estimate of drug-likeness (QED) is 0.393. The third-order valence-electron chi connectivity index (χ3n) is 4.81. The zero-order chi connectivity index (χ0) is 15.8. The van der Waals surface area contributed by atoms with Gasteiger partial charge in [0, 0.05) is 27.2 Å². The Bertz CT molecular complexity index is 478. The maximum Gasteiger partial charge on any atom is 0.191 e. The lowest BCUT2D eigenvalue weighted by Crippen LogP contribution is -2.46. The lowest BCUT2D eigenvalue weighted by atomic mass is 9.67. The van der Waals surface area contributed by atoms with Gasteiger partial charge in [-0.2, -0.15) is 0 Å². The van der Waals surface area contributed by atoms with Crippen molar-refractivity contribution in [2.45, 2.75) is 45.8 Å². The van der Waals surface area contributed by atoms with Crippen molar-refractivity contribution in [1.82, 2.24) is 10.6 Å². The van der Waals surface area contributed by atoms with Gasteiger partial charge in [-0.05, 0) is 35.8 Å². The number of nitrogens with one attached hydrogen (secondary N) is 2. The van der Waals surface area contributed by atoms with E-state index in [1.165, 1.54) is 36.8 Å². The molecule has 0 spiro atoms. The summed E-state index contributed by atoms with van der Waals surface area (Å²) in [6.07, 6.45) is 5.30. The molecule has 5 heteroatoms. The number of hydrogen-bond donors (Lipinski definition) is 2. The van der Waals surface area contributed by atoms with Crippen LogP contribution in [0.5, 0.6) is 0 Å². The normalized spacial score (nSPS) is 16.2. The smallest absolute Gasteiger partial charge is 0.191 e. The van der Waals surface area contributed by atoms with Crippen LogP contribution in [-0.2, 0) is 17.9 Å². The van der Waals surface area contributed by atoms with Crippen LogP contribution in [0, 0.1) is 5.41 Å². The third-order valence-corrected chi connectivity index (χ3v) is 4.81. The second-order valence-electron chi connectivity index (χ2n) is 6.24. The van der Waals surface area contributed by atoms with E-state index in [2.05, 4.69) is 46.8 Å². The van der Waals surface area contributed by atoms with Gasteiger partial charge in [0.1, 0.15) is 0 Å². The van der Waals surface area contributed by atoms with Gasteiger partial charge in [-0.1, -0.05) is 37.6 Å². The predicted molar refractivity (Wildman–Crippen MR) is 107 cm³/mol. The highest BCUT2D eigenvalue weighted by Crippen LogP contribution is 2.42. The van der Waals surface area contributed by atoms with Crippen LogP contribution < -0.4 is 10.6 Å². The fraction of sp³-hybridized carbons (Fsp3) is 0.611. The number of ether oxygens (including phenoxy) is 1. The molecule has 0 saturated heterocycles. The van der Waals surface area contributed by atoms with Crippen molar-refractivity contribution >= 4 is 29.9 Å². The second kappa shape index (κ2) is 10.1. The molecule has 2 N–H and O–H groups in total. The molecule has 0 unspecified atom stereocenters. The molecule has 4 nitrogen and oxygen atoms in total. The molecule has 0 aromatic heterocycles. The van der Waals surface area contributed by atoms with Crippen LogP contribution in [0.4, 0.5) is 0 Å². The van der Waals surface area contributed by atoms with Crippen molar-refractivity contribution in [3.8, 4) is 0 Å². The minimum atomic E-state index is 0. The molecule has 0 heterocycles. The van der Waals surface area contributed by atoms with E-state index < -0.39 is 0 Å². The summed E-state index contributed by atoms with van der Waals surface area (Å²) in [5.74, 6) is 0.890. The first-order chi connectivity index (χ1) is 10.7. The lowest BCUT2D eigenvalue weighted by molar-refractivity contribution is 0.131. The van der Waals surface area contributed by atoms with Crippen molar-refractivity contribution in [3.63, 3.8) is 0 Å². The van der Waals surface area contributed by atoms with Crippen LogP contribution in [0.1, 0.15) is 43.7 Å². The largest absolute Gasteiger partial charge is 0.380 e. The average Bonchev–Trinajstić information content (AvgIpc) is 2.51. The molecule has 2 rings (SSSR count). The van der Waals surface area contributed by atoms with E-state index in [1.807, 2.05) is 7.05 Å². The lowest BCUT2D eigenvalue weighted by Gasteiger charge is -2.41. The van der Waals surface area contributed by atoms with E-state index in [0.29, 0.717) is 12.0 Å². The van der Waals surface area contributed by atoms with E-state index in [4.69, 9.17) is 4.74 Å². The Morgan fingerprint density at radius 1 is 1.17 bits per heavy atom. The van der Waals surface area contributed by atoms with Crippen LogP contribution in [0.2, 0.25) is 0 Å². The molecule has 0 bridgehead atoms. The Balaban J connectivity index is 0.00000264. The van der Waals surface area contributed by atoms with Crippen molar-refractivity contribution in [3.05, 3.63) is 35.4 Å². The third kappa shape index (κ3) is 5.95. The molecule has 0 aliphatic heterocycles. The van der Waals surface area contributed by atoms with Gasteiger partial charge in [-0.25, -0.2) is 0 Å². The SMILES string of the molecule is CCC1(CNC(=NC)NCc2ccc(COC)cc2)CCC1.I. The van der Waals surface area contributed by atoms with Gasteiger partial charge in [-0.15, -0.1) is 24.0 Å². The molecule has 1 saturated carbocycles. The molecule has 0 amide bonds. The van der Waals surface area contributed by atoms with E-state index >= 15 is 0 Å². The van der Waals surface area contributed by atoms with Gasteiger partial charge in [0.15, 0.2) is 5.96 Å². The Hall–Kier alpha value is -0.820. The minimum Gasteiger partial charge on any atom is -0.380 e. The highest BCUT2D eigenvalue weighted by atomic mass is 127. The number of guanidine groups is 1. The summed E-state index contributed by atoms with van der Waals surface area (Å²) in [6.45, 7) is 4.76. The summed E-state index contributed by atoms with van der Waals surface area (Å²) in [7, 11) is 3.55. The van der Waals surface area contributed by atoms with Gasteiger partial charge in [0.05, 0.1) is 6.61 Å². The molecule has 1 aliphatic carbocycles. The number of halogens is 1. The molecular formula is C18H30IN3O. The zero-order valence-corrected chi connectivity index (χ0v) is 16.9. The van der Waals surface area contributed by atoms with Crippen LogP contribution in [-0.4, -0.2) is 26.7 Å². The van der Waals surface area contributed by atoms with Crippen molar-refractivity contribution < 1.29 is 4.74 Å². The Labute approximate surface area is 157 Å². The molecule has 0 atom stereocenters. The monoisotopic (exact) mass is 431 g/mol. The van der Waals surface area contributed by atoms with Gasteiger partial charge in [-0.3, -0.25) is 4.99 Å². The number of methoxy groups -OCH3 is 1. The van der Waals surface area contributed by atoms with E-state index in [-0.39, 0.29) is 24.0 Å². The van der Waals surface area contributed by atoms with Gasteiger partial charge < -0.3 is 15.4 Å². The van der Waals surface area contributed by atoms with Crippen molar-refractivity contribution in [2.24, 2.45) is 10.4 Å². The standard InChI is InChI=1S/C18H29N3O.HI/c1-4-18(10-5-11-18)14-21-17(19-2)20-12-15-6-8-16(9-7-15)13-22-3;/h6-9H,4-5,10-14H2,1-3H3,(H2,19,20,21);1H. The summed E-state index contributed by atoms with van der Waals surface area (Å²) in [6, 6.07) is 8.48. The van der Waals surface area contributed by atoms with Crippen molar-refractivity contribution in [2.75, 3.05) is 20.7 Å². The second-order valence-corrected chi connectivity index (χ2v) is 6.24. The summed E-state index contributed by atoms with van der Waals surface area (Å²) < 4.78 is 5.13. The maximum atomic E-state index is 5.13. The molecule has 130 valence electrons. The van der Waals surface area contributed by atoms with Crippen LogP contribution in [0.3, 0.4) is 0 Å². The highest BCUT2D eigenvalue weighted by Gasteiger charge is 2.34. The topological polar surface area (TPSA) is 45.7 Å². The minimum absolute atomic E-state index is 0. The van der Waals surface area contributed by atoms with Gasteiger partial charge in [0.2, 0.25) is 0 Å². The molecule has 1 fully saturated rings. The Kier molecular flexibility index (Phi) is 8.91. The first kappa shape index (κ1) is 20.2. The highest BCUT2D eigenvalue weighted by molar-refractivity contribution is 14.0. The molecule has 1 aromatic rings. The number of rotatable bonds is 7. The molecule has 1 aliphatic rings. The Morgan fingerprint density at radius 3 is 2.30 bits per heavy atom. The average molecular weight is 431 g/mol. The van der Waals surface area contributed by atoms with Crippen LogP contribution >= 0.6 is 24.0 Å². The Morgan fingerprint density at radius 2 is 1.83 bits per heavy atom. The molecule has 23 heavy (non-hydrogen) atoms. The zero-order valence-electron chi connectivity index (χ0n) is 14.5. The van der Waals surface area contributed by atoms with E-state index in [0.717, 1.165) is 19.0 Å². The molecular weight excluding hydrogens is 401 g/mol. The molecule has 1 aromatic carbocycles. The predicted octanol–water partition coefficient (Wildman–Crippen LogP) is 3.70. The number of nitrogens with zero attached hydrogens (tertiary/aromatic N) is 1. The fourth-order valence-electron chi connectivity index (χ4n) is 2.93.